The van der Waals surface area contributed by atoms with E-state index in [1.165, 1.54) is 0 Å². The first-order chi connectivity index (χ1) is 12.4. The highest BCUT2D eigenvalue weighted by molar-refractivity contribution is 7.99. The Morgan fingerprint density at radius 2 is 2.15 bits per heavy atom. The summed E-state index contributed by atoms with van der Waals surface area (Å²) in [6, 6.07) is 5.02. The Morgan fingerprint density at radius 1 is 1.38 bits per heavy atom. The molecule has 0 saturated heterocycles. The largest absolute Gasteiger partial charge is 0.431 e. The second-order valence-electron chi connectivity index (χ2n) is 6.12. The summed E-state index contributed by atoms with van der Waals surface area (Å²) in [7, 11) is 1.90. The van der Waals surface area contributed by atoms with Crippen LogP contribution in [0.3, 0.4) is 0 Å². The van der Waals surface area contributed by atoms with Gasteiger partial charge in [-0.1, -0.05) is 18.7 Å². The molecule has 3 aromatic rings. The van der Waals surface area contributed by atoms with E-state index in [1.54, 1.807) is 17.8 Å². The topological polar surface area (TPSA) is 85.0 Å². The van der Waals surface area contributed by atoms with Crippen molar-refractivity contribution in [1.82, 2.24) is 20.1 Å². The molecule has 2 amide bonds. The van der Waals surface area contributed by atoms with Crippen LogP contribution in [0.25, 0.3) is 11.1 Å². The van der Waals surface area contributed by atoms with Crippen molar-refractivity contribution in [3.05, 3.63) is 35.2 Å². The summed E-state index contributed by atoms with van der Waals surface area (Å²) in [4.78, 5) is 16.8. The van der Waals surface area contributed by atoms with Crippen molar-refractivity contribution in [3.8, 4) is 0 Å². The summed E-state index contributed by atoms with van der Waals surface area (Å²) in [5, 5.41) is 10.8. The molecule has 138 valence electrons. The number of nitrogens with zero attached hydrogens (tertiary/aromatic N) is 3. The lowest BCUT2D eigenvalue weighted by Crippen LogP contribution is -2.31. The molecule has 2 N–H and O–H groups in total. The Bertz CT molecular complexity index is 947. The smallest absolute Gasteiger partial charge is 0.319 e. The number of nitrogens with one attached hydrogen (secondary N) is 2. The van der Waals surface area contributed by atoms with E-state index >= 15 is 0 Å². The number of anilines is 1. The maximum absolute atomic E-state index is 12.4. The van der Waals surface area contributed by atoms with Gasteiger partial charge in [0.1, 0.15) is 5.52 Å². The summed E-state index contributed by atoms with van der Waals surface area (Å²) in [6.45, 7) is 7.94. The number of aryl methyl sites for hydroxylation is 2. The Hall–Kier alpha value is -2.48. The number of urea groups is 1. The highest BCUT2D eigenvalue weighted by Crippen LogP contribution is 2.26. The molecule has 3 rings (SSSR count). The summed E-state index contributed by atoms with van der Waals surface area (Å²) in [6.07, 6.45) is 0. The zero-order valence-corrected chi connectivity index (χ0v) is 16.4. The van der Waals surface area contributed by atoms with Crippen LogP contribution in [0.5, 0.6) is 0 Å². The number of benzene rings is 1. The van der Waals surface area contributed by atoms with Gasteiger partial charge in [-0.3, -0.25) is 4.68 Å². The first-order valence-electron chi connectivity index (χ1n) is 8.50. The van der Waals surface area contributed by atoms with Gasteiger partial charge in [0, 0.05) is 30.1 Å². The van der Waals surface area contributed by atoms with Crippen molar-refractivity contribution in [2.24, 2.45) is 7.05 Å². The molecule has 0 unspecified atom stereocenters. The average molecular weight is 373 g/mol. The van der Waals surface area contributed by atoms with Gasteiger partial charge in [0.05, 0.1) is 11.7 Å². The molecule has 7 nitrogen and oxygen atoms in total. The highest BCUT2D eigenvalue weighted by atomic mass is 32.2. The molecule has 0 aliphatic rings. The van der Waals surface area contributed by atoms with E-state index in [2.05, 4.69) is 20.7 Å². The maximum Gasteiger partial charge on any atom is 0.319 e. The van der Waals surface area contributed by atoms with Gasteiger partial charge in [0.2, 0.25) is 0 Å². The predicted octanol–water partition coefficient (Wildman–Crippen LogP) is 4.17. The zero-order chi connectivity index (χ0) is 18.8. The van der Waals surface area contributed by atoms with Gasteiger partial charge in [-0.2, -0.15) is 5.10 Å². The van der Waals surface area contributed by atoms with Crippen molar-refractivity contribution < 1.29 is 9.21 Å². The number of fused-ring (bicyclic) bond motifs is 1. The van der Waals surface area contributed by atoms with Gasteiger partial charge in [-0.25, -0.2) is 9.78 Å². The van der Waals surface area contributed by atoms with E-state index in [0.29, 0.717) is 16.5 Å². The minimum atomic E-state index is -0.276. The monoisotopic (exact) mass is 373 g/mol. The molecule has 0 aliphatic carbocycles. The lowest BCUT2D eigenvalue weighted by Gasteiger charge is -2.15. The fourth-order valence-electron chi connectivity index (χ4n) is 3.02. The van der Waals surface area contributed by atoms with E-state index in [-0.39, 0.29) is 12.1 Å². The van der Waals surface area contributed by atoms with Gasteiger partial charge in [-0.05, 0) is 38.7 Å². The second-order valence-corrected chi connectivity index (χ2v) is 7.34. The van der Waals surface area contributed by atoms with Crippen LogP contribution in [0.4, 0.5) is 10.5 Å². The lowest BCUT2D eigenvalue weighted by atomic mass is 10.1. The number of carbonyl (C=O) groups is 1. The quantitative estimate of drug-likeness (QED) is 0.656. The van der Waals surface area contributed by atoms with Crippen LogP contribution in [0, 0.1) is 13.8 Å². The summed E-state index contributed by atoms with van der Waals surface area (Å²) >= 11 is 1.55. The number of rotatable bonds is 5. The van der Waals surface area contributed by atoms with Gasteiger partial charge >= 0.3 is 6.03 Å². The molecule has 0 bridgehead atoms. The van der Waals surface area contributed by atoms with Crippen molar-refractivity contribution in [2.45, 2.75) is 39.0 Å². The number of hydrogen-bond donors (Lipinski definition) is 2. The van der Waals surface area contributed by atoms with Crippen molar-refractivity contribution in [1.29, 1.82) is 0 Å². The molecule has 1 aromatic carbocycles. The summed E-state index contributed by atoms with van der Waals surface area (Å²) < 4.78 is 7.51. The Labute approximate surface area is 156 Å². The molecule has 1 atom stereocenters. The number of aromatic nitrogens is 3. The predicted molar refractivity (Wildman–Crippen MR) is 104 cm³/mol. The van der Waals surface area contributed by atoms with Gasteiger partial charge < -0.3 is 15.1 Å². The van der Waals surface area contributed by atoms with E-state index in [4.69, 9.17) is 4.42 Å². The molecular weight excluding hydrogens is 350 g/mol. The van der Waals surface area contributed by atoms with Crippen LogP contribution in [-0.4, -0.2) is 26.5 Å². The molecule has 0 fully saturated rings. The van der Waals surface area contributed by atoms with Gasteiger partial charge in [-0.15, -0.1) is 0 Å². The highest BCUT2D eigenvalue weighted by Gasteiger charge is 2.18. The molecule has 0 radical (unpaired) electrons. The normalized spacial score (nSPS) is 12.3. The van der Waals surface area contributed by atoms with E-state index in [0.717, 1.165) is 28.2 Å². The maximum atomic E-state index is 12.4. The lowest BCUT2D eigenvalue weighted by molar-refractivity contribution is 0.249. The van der Waals surface area contributed by atoms with Crippen LogP contribution in [0.15, 0.2) is 27.8 Å². The number of amides is 2. The number of carbonyl (C=O) groups excluding carboxylic acids is 1. The molecule has 8 heteroatoms. The Morgan fingerprint density at radius 3 is 2.81 bits per heavy atom. The Balaban J connectivity index is 1.70. The minimum absolute atomic E-state index is 0.148. The van der Waals surface area contributed by atoms with Crippen LogP contribution in [0.1, 0.15) is 36.8 Å². The fourth-order valence-corrected chi connectivity index (χ4v) is 3.58. The summed E-state index contributed by atoms with van der Waals surface area (Å²) in [5.74, 6) is 0.894. The van der Waals surface area contributed by atoms with E-state index in [1.807, 2.05) is 51.6 Å². The number of thioether (sulfide) groups is 1. The van der Waals surface area contributed by atoms with Crippen LogP contribution >= 0.6 is 11.8 Å². The second kappa shape index (κ2) is 7.41. The molecule has 0 saturated carbocycles. The van der Waals surface area contributed by atoms with Crippen LogP contribution < -0.4 is 10.6 Å². The SMILES string of the molecule is CCSc1nc2ccc(NC(=O)N[C@@H](C)c3c(C)nn(C)c3C)cc2o1. The third-order valence-electron chi connectivity index (χ3n) is 4.24. The van der Waals surface area contributed by atoms with Crippen LogP contribution in [0.2, 0.25) is 0 Å². The van der Waals surface area contributed by atoms with Crippen molar-refractivity contribution in [2.75, 3.05) is 11.1 Å². The molecular formula is C18H23N5O2S. The van der Waals surface area contributed by atoms with Crippen LogP contribution in [-0.2, 0) is 7.05 Å². The molecule has 0 aliphatic heterocycles. The van der Waals surface area contributed by atoms with Crippen molar-refractivity contribution >= 4 is 34.6 Å². The average Bonchev–Trinajstić information content (AvgIpc) is 3.07. The van der Waals surface area contributed by atoms with E-state index in [9.17, 15) is 4.79 Å². The Kier molecular flexibility index (Phi) is 5.22. The fraction of sp³-hybridized carbons (Fsp3) is 0.389. The van der Waals surface area contributed by atoms with Crippen molar-refractivity contribution in [3.63, 3.8) is 0 Å². The van der Waals surface area contributed by atoms with Gasteiger partial charge in [0.25, 0.3) is 5.22 Å². The first kappa shape index (κ1) is 18.3. The first-order valence-corrected chi connectivity index (χ1v) is 9.48. The third-order valence-corrected chi connectivity index (χ3v) is 4.95. The van der Waals surface area contributed by atoms with E-state index < -0.39 is 0 Å². The molecule has 2 aromatic heterocycles. The molecule has 26 heavy (non-hydrogen) atoms. The van der Waals surface area contributed by atoms with Gasteiger partial charge in [0.15, 0.2) is 5.58 Å². The minimum Gasteiger partial charge on any atom is -0.431 e. The molecule has 2 heterocycles. The number of oxazole rings is 1. The zero-order valence-electron chi connectivity index (χ0n) is 15.6. The third kappa shape index (κ3) is 3.70. The standard InChI is InChI=1S/C18H23N5O2S/c1-6-26-18-21-14-8-7-13(9-15(14)25-18)20-17(24)19-10(2)16-11(3)22-23(5)12(16)4/h7-10H,6H2,1-5H3,(H2,19,20,24)/t10-/m0/s1. The summed E-state index contributed by atoms with van der Waals surface area (Å²) in [5.41, 5.74) is 5.09. The number of hydrogen-bond acceptors (Lipinski definition) is 5. The molecule has 0 spiro atoms.